The Kier molecular flexibility index (Phi) is 13.6. The number of fused-ring (bicyclic) bond motifs is 2. The topological polar surface area (TPSA) is 279 Å². The lowest BCUT2D eigenvalue weighted by molar-refractivity contribution is -0.401. The van der Waals surface area contributed by atoms with Gasteiger partial charge in [-0.2, -0.15) is 21.4 Å². The molecule has 314 valence electrons. The molecule has 0 unspecified atom stereocenters. The molecule has 0 atom stereocenters. The van der Waals surface area contributed by atoms with E-state index in [-0.39, 0.29) is 29.2 Å². The second-order valence-electron chi connectivity index (χ2n) is 15.1. The van der Waals surface area contributed by atoms with E-state index in [4.69, 9.17) is 0 Å². The Labute approximate surface area is 332 Å². The van der Waals surface area contributed by atoms with Crippen molar-refractivity contribution in [1.29, 1.82) is 0 Å². The highest BCUT2D eigenvalue weighted by atomic mass is 32.2. The van der Waals surface area contributed by atoms with Crippen LogP contribution < -0.4 is 10.2 Å². The second kappa shape index (κ2) is 16.7. The maximum atomic E-state index is 12.4. The van der Waals surface area contributed by atoms with E-state index in [1.807, 2.05) is 74.6 Å². The summed E-state index contributed by atoms with van der Waals surface area (Å²) in [6.07, 6.45) is 9.86. The largest absolute Gasteiger partial charge is 0.369 e. The molecule has 0 saturated carbocycles. The lowest BCUT2D eigenvalue weighted by Gasteiger charge is -2.29. The Balaban J connectivity index is 1.44. The minimum absolute atomic E-state index is 0.0939. The van der Waals surface area contributed by atoms with Crippen molar-refractivity contribution in [2.75, 3.05) is 25.0 Å². The average Bonchev–Trinajstić information content (AvgIpc) is 3.41. The molecule has 0 spiro atoms. The number of benzene rings is 2. The lowest BCUT2D eigenvalue weighted by Crippen LogP contribution is -2.31. The minimum atomic E-state index is -5.58. The molecule has 0 saturated heterocycles. The number of carbonyl (C=O) groups excluding carboxylic acids is 1. The predicted octanol–water partition coefficient (Wildman–Crippen LogP) is 4.44. The summed E-state index contributed by atoms with van der Waals surface area (Å²) < 4.78 is 92.0. The van der Waals surface area contributed by atoms with Crippen molar-refractivity contribution in [3.05, 3.63) is 83.6 Å². The van der Waals surface area contributed by atoms with Gasteiger partial charge in [0.2, 0.25) is 11.6 Å². The number of nitrogens with zero attached hydrogens (tertiary/aromatic N) is 2. The van der Waals surface area contributed by atoms with Crippen molar-refractivity contribution in [1.82, 2.24) is 5.32 Å². The number of anilines is 1. The summed E-state index contributed by atoms with van der Waals surface area (Å²) in [6, 6.07) is 8.90. The number of rotatable bonds is 17. The predicted molar refractivity (Wildman–Crippen MR) is 213 cm³/mol. The highest BCUT2D eigenvalue weighted by molar-refractivity contribution is 7.86. The maximum absolute atomic E-state index is 12.4. The van der Waals surface area contributed by atoms with Gasteiger partial charge in [0.05, 0.1) is 15.2 Å². The fourth-order valence-electron chi connectivity index (χ4n) is 7.22. The third kappa shape index (κ3) is 9.94. The van der Waals surface area contributed by atoms with Gasteiger partial charge in [-0.25, -0.2) is 0 Å². The summed E-state index contributed by atoms with van der Waals surface area (Å²) >= 11 is 0. The molecule has 0 radical (unpaired) electrons. The van der Waals surface area contributed by atoms with Gasteiger partial charge in [-0.05, 0) is 75.1 Å². The molecule has 4 rings (SSSR count). The number of carbonyl (C=O) groups is 1. The van der Waals surface area contributed by atoms with E-state index in [2.05, 4.69) is 5.32 Å². The lowest BCUT2D eigenvalue weighted by atomic mass is 9.81. The molecule has 8 N–H and O–H groups in total. The first-order valence-electron chi connectivity index (χ1n) is 17.8. The van der Waals surface area contributed by atoms with E-state index in [1.165, 1.54) is 24.3 Å². The molecule has 2 aliphatic heterocycles. The zero-order chi connectivity index (χ0) is 43.0. The first kappa shape index (κ1) is 46.4. The number of hydrogen-bond donors (Lipinski definition) is 8. The van der Waals surface area contributed by atoms with Crippen molar-refractivity contribution in [3.63, 3.8) is 0 Å². The Bertz CT molecular complexity index is 2340. The van der Waals surface area contributed by atoms with Crippen molar-refractivity contribution in [3.8, 4) is 0 Å². The van der Waals surface area contributed by atoms with E-state index in [9.17, 15) is 64.5 Å². The Hall–Kier alpha value is -3.32. The molecule has 1 amide bonds. The molecule has 21 heteroatoms. The van der Waals surface area contributed by atoms with E-state index in [0.717, 1.165) is 28.3 Å². The molecule has 57 heavy (non-hydrogen) atoms. The summed E-state index contributed by atoms with van der Waals surface area (Å²) in [5.41, 5.74) is 3.43. The summed E-state index contributed by atoms with van der Waals surface area (Å²) in [7, 11) is -18.2. The summed E-state index contributed by atoms with van der Waals surface area (Å²) in [6.45, 7) is 8.09. The first-order valence-corrected chi connectivity index (χ1v) is 23.9. The molecule has 0 aromatic heterocycles. The van der Waals surface area contributed by atoms with E-state index < -0.39 is 63.7 Å². The van der Waals surface area contributed by atoms with Crippen LogP contribution in [0, 0.1) is 0 Å². The van der Waals surface area contributed by atoms with Gasteiger partial charge in [0.1, 0.15) is 7.05 Å². The molecule has 0 aliphatic carbocycles. The number of amides is 1. The van der Waals surface area contributed by atoms with Crippen LogP contribution in [0.15, 0.2) is 82.3 Å². The van der Waals surface area contributed by atoms with E-state index >= 15 is 0 Å². The fraction of sp³-hybridized carbons (Fsp3) is 0.444. The van der Waals surface area contributed by atoms with E-state index in [1.54, 1.807) is 12.1 Å². The van der Waals surface area contributed by atoms with Gasteiger partial charge < -0.3 is 34.9 Å². The molecule has 17 nitrogen and oxygen atoms in total. The van der Waals surface area contributed by atoms with Crippen LogP contribution in [0.5, 0.6) is 0 Å². The zero-order valence-corrected chi connectivity index (χ0v) is 35.5. The number of aliphatic hydroxyl groups is 1. The number of unbranched alkanes of at least 4 members (excludes halogenated alkanes) is 2. The average molecular weight is 875 g/mol. The molecule has 0 fully saturated rings. The highest BCUT2D eigenvalue weighted by Crippen LogP contribution is 2.69. The van der Waals surface area contributed by atoms with Gasteiger partial charge in [-0.15, -0.1) is 0 Å². The van der Waals surface area contributed by atoms with Crippen molar-refractivity contribution >= 4 is 58.4 Å². The van der Waals surface area contributed by atoms with Gasteiger partial charge in [0.15, 0.2) is 5.71 Å². The third-order valence-electron chi connectivity index (χ3n) is 10.4. The van der Waals surface area contributed by atoms with Gasteiger partial charge in [-0.1, -0.05) is 38.5 Å². The number of hydrogen-bond acceptors (Lipinski definition) is 9. The summed E-state index contributed by atoms with van der Waals surface area (Å²) in [5, 5.41) is 8.95. The van der Waals surface area contributed by atoms with Gasteiger partial charge in [0.25, 0.3) is 25.3 Å². The normalized spacial score (nSPS) is 17.9. The van der Waals surface area contributed by atoms with E-state index in [0.29, 0.717) is 31.4 Å². The smallest absolute Gasteiger partial charge is 0.368 e. The second-order valence-corrected chi connectivity index (χ2v) is 21.9. The van der Waals surface area contributed by atoms with Crippen LogP contribution in [0.2, 0.25) is 0 Å². The van der Waals surface area contributed by atoms with Gasteiger partial charge >= 0.3 is 15.2 Å². The summed E-state index contributed by atoms with van der Waals surface area (Å²) in [5.74, 6) is -0.396. The Morgan fingerprint density at radius 2 is 1.40 bits per heavy atom. The minimum Gasteiger partial charge on any atom is -0.368 e. The number of allylic oxidation sites excluding steroid dienone is 6. The third-order valence-corrected chi connectivity index (χ3v) is 16.0. The standard InChI is InChI=1S/C36H49N3O14P2S2/c1-34(2)27-23-25(56(48,49)50)16-18-29(27)38(5)31(34)13-8-6-9-14-32-35(3,4)28-24-26(57(51,52)53)17-19-30(28)39(32)22-11-7-10-15-33(40)37-21-12-20-36(41,54(42,43)44)55(45,46)47/h6,8-9,13-14,16-19,23-24,41H,7,10-12,15,20-22H2,1-5H3,(H6-,37,40,42,43,44,45,46,47,48,49,50,51,52,53)/p+1. The molecule has 2 aromatic rings. The Morgan fingerprint density at radius 3 is 1.98 bits per heavy atom. The van der Waals surface area contributed by atoms with Gasteiger partial charge in [0, 0.05) is 60.4 Å². The fourth-order valence-corrected chi connectivity index (χ4v) is 10.5. The van der Waals surface area contributed by atoms with Crippen LogP contribution >= 0.6 is 15.2 Å². The highest BCUT2D eigenvalue weighted by Gasteiger charge is 2.58. The molecular weight excluding hydrogens is 824 g/mol. The maximum Gasteiger partial charge on any atom is 0.369 e. The molecule has 0 bridgehead atoms. The first-order chi connectivity index (χ1) is 26.0. The van der Waals surface area contributed by atoms with Crippen molar-refractivity contribution in [2.45, 2.75) is 91.9 Å². The van der Waals surface area contributed by atoms with Gasteiger partial charge in [-0.3, -0.25) is 23.0 Å². The van der Waals surface area contributed by atoms with Crippen LogP contribution in [0.3, 0.4) is 0 Å². The Morgan fingerprint density at radius 1 is 0.825 bits per heavy atom. The summed E-state index contributed by atoms with van der Waals surface area (Å²) in [4.78, 5) is 51.0. The molecule has 2 aliphatic rings. The van der Waals surface area contributed by atoms with Crippen LogP contribution in [-0.2, 0) is 45.0 Å². The van der Waals surface area contributed by atoms with Crippen LogP contribution in [0.25, 0.3) is 0 Å². The van der Waals surface area contributed by atoms with Crippen molar-refractivity contribution in [2.24, 2.45) is 0 Å². The van der Waals surface area contributed by atoms with Crippen molar-refractivity contribution < 1.29 is 69.1 Å². The van der Waals surface area contributed by atoms with Crippen LogP contribution in [0.1, 0.15) is 77.3 Å². The SMILES string of the molecule is C[N+]1=C(/C=C/C=C/C=C2/N(CCCCCC(=O)NCCCC(O)(P(=O)(O)O)P(=O)(O)O)c3ccc(S(=O)(=O)O)cc3C2(C)C)C(C)(C)c2cc(S(=O)(=O)O)ccc21. The molecule has 2 heterocycles. The number of nitrogens with one attached hydrogen (secondary N) is 1. The quantitative estimate of drug-likeness (QED) is 0.0359. The molecular formula is C36H50N3O14P2S2+. The zero-order valence-electron chi connectivity index (χ0n) is 32.1. The molecule has 2 aromatic carbocycles. The van der Waals surface area contributed by atoms with Crippen LogP contribution in [0.4, 0.5) is 11.4 Å². The monoisotopic (exact) mass is 874 g/mol. The van der Waals surface area contributed by atoms with Crippen LogP contribution in [-0.4, -0.2) is 92.0 Å².